The second-order valence-electron chi connectivity index (χ2n) is 5.82. The van der Waals surface area contributed by atoms with Crippen molar-refractivity contribution >= 4 is 0 Å². The standard InChI is InChI=1S/2C9H21N/c2*1-2-3-4-5-6-7-8-9-10/h2*2-10H2,1H3. The minimum atomic E-state index is 0.869. The van der Waals surface area contributed by atoms with Crippen LogP contribution in [0.5, 0.6) is 0 Å². The highest BCUT2D eigenvalue weighted by Crippen LogP contribution is 2.06. The van der Waals surface area contributed by atoms with Gasteiger partial charge in [0.1, 0.15) is 0 Å². The molecule has 0 unspecified atom stereocenters. The van der Waals surface area contributed by atoms with Crippen molar-refractivity contribution in [3.8, 4) is 0 Å². The third-order valence-corrected chi connectivity index (χ3v) is 3.62. The zero-order valence-corrected chi connectivity index (χ0v) is 14.5. The van der Waals surface area contributed by atoms with E-state index in [2.05, 4.69) is 13.8 Å². The summed E-state index contributed by atoms with van der Waals surface area (Å²) in [7, 11) is 0. The maximum atomic E-state index is 5.37. The van der Waals surface area contributed by atoms with E-state index in [-0.39, 0.29) is 0 Å². The van der Waals surface area contributed by atoms with E-state index in [1.165, 1.54) is 89.9 Å². The average Bonchev–Trinajstić information content (AvgIpc) is 2.47. The molecule has 0 saturated heterocycles. The van der Waals surface area contributed by atoms with Crippen LogP contribution in [0.1, 0.15) is 104 Å². The van der Waals surface area contributed by atoms with Gasteiger partial charge in [0.15, 0.2) is 0 Å². The van der Waals surface area contributed by atoms with Crippen molar-refractivity contribution in [3.63, 3.8) is 0 Å². The predicted molar refractivity (Wildman–Crippen MR) is 94.1 cm³/mol. The summed E-state index contributed by atoms with van der Waals surface area (Å²) in [6.07, 6.45) is 19.0. The third kappa shape index (κ3) is 26.5. The lowest BCUT2D eigenvalue weighted by atomic mass is 10.1. The average molecular weight is 287 g/mol. The first kappa shape index (κ1) is 22.2. The van der Waals surface area contributed by atoms with Crippen molar-refractivity contribution < 1.29 is 0 Å². The van der Waals surface area contributed by atoms with Gasteiger partial charge in [0.25, 0.3) is 0 Å². The summed E-state index contributed by atoms with van der Waals surface area (Å²) in [6, 6.07) is 0. The fourth-order valence-corrected chi connectivity index (χ4v) is 2.20. The Kier molecular flexibility index (Phi) is 26.6. The maximum absolute atomic E-state index is 5.37. The Morgan fingerprint density at radius 3 is 0.900 bits per heavy atom. The Hall–Kier alpha value is -0.0800. The molecule has 0 rings (SSSR count). The Balaban J connectivity index is 0. The molecule has 0 heterocycles. The molecule has 0 saturated carbocycles. The second-order valence-corrected chi connectivity index (χ2v) is 5.82. The fraction of sp³-hybridized carbons (Fsp3) is 1.00. The molecule has 2 nitrogen and oxygen atoms in total. The largest absolute Gasteiger partial charge is 0.330 e. The van der Waals surface area contributed by atoms with Gasteiger partial charge in [0.2, 0.25) is 0 Å². The SMILES string of the molecule is CCCCCCCCCN.CCCCCCCCCN. The number of nitrogens with two attached hydrogens (primary N) is 2. The van der Waals surface area contributed by atoms with Gasteiger partial charge >= 0.3 is 0 Å². The monoisotopic (exact) mass is 286 g/mol. The van der Waals surface area contributed by atoms with Gasteiger partial charge in [0.05, 0.1) is 0 Å². The summed E-state index contributed by atoms with van der Waals surface area (Å²) < 4.78 is 0. The van der Waals surface area contributed by atoms with Crippen molar-refractivity contribution in [3.05, 3.63) is 0 Å². The Morgan fingerprint density at radius 1 is 0.400 bits per heavy atom. The van der Waals surface area contributed by atoms with Crippen LogP contribution in [0.4, 0.5) is 0 Å². The third-order valence-electron chi connectivity index (χ3n) is 3.62. The minimum absolute atomic E-state index is 0.869. The molecule has 0 aliphatic rings. The maximum Gasteiger partial charge on any atom is -0.00773 e. The molecule has 0 aromatic carbocycles. The van der Waals surface area contributed by atoms with Gasteiger partial charge in [-0.3, -0.25) is 0 Å². The van der Waals surface area contributed by atoms with Gasteiger partial charge in [-0.15, -0.1) is 0 Å². The summed E-state index contributed by atoms with van der Waals surface area (Å²) in [5.41, 5.74) is 10.7. The molecule has 0 bridgehead atoms. The van der Waals surface area contributed by atoms with Crippen molar-refractivity contribution in [2.45, 2.75) is 104 Å². The van der Waals surface area contributed by atoms with E-state index < -0.39 is 0 Å². The number of rotatable bonds is 14. The molecular formula is C18H42N2. The molecule has 0 aliphatic carbocycles. The molecule has 2 heteroatoms. The minimum Gasteiger partial charge on any atom is -0.330 e. The first-order valence-electron chi connectivity index (χ1n) is 9.23. The number of hydrogen-bond acceptors (Lipinski definition) is 2. The van der Waals surface area contributed by atoms with Crippen LogP contribution < -0.4 is 11.5 Å². The molecule has 20 heavy (non-hydrogen) atoms. The van der Waals surface area contributed by atoms with Gasteiger partial charge in [0, 0.05) is 0 Å². The van der Waals surface area contributed by atoms with E-state index in [9.17, 15) is 0 Å². The van der Waals surface area contributed by atoms with E-state index >= 15 is 0 Å². The summed E-state index contributed by atoms with van der Waals surface area (Å²) >= 11 is 0. The van der Waals surface area contributed by atoms with Crippen LogP contribution >= 0.6 is 0 Å². The molecule has 124 valence electrons. The summed E-state index contributed by atoms with van der Waals surface area (Å²) in [6.45, 7) is 6.24. The highest BCUT2D eigenvalue weighted by atomic mass is 14.5. The van der Waals surface area contributed by atoms with Gasteiger partial charge in [-0.05, 0) is 25.9 Å². The van der Waals surface area contributed by atoms with Crippen LogP contribution in [0.15, 0.2) is 0 Å². The Bertz CT molecular complexity index is 105. The fourth-order valence-electron chi connectivity index (χ4n) is 2.20. The lowest BCUT2D eigenvalue weighted by molar-refractivity contribution is 0.593. The van der Waals surface area contributed by atoms with Crippen LogP contribution in [0.2, 0.25) is 0 Å². The van der Waals surface area contributed by atoms with E-state index in [0.29, 0.717) is 0 Å². The van der Waals surface area contributed by atoms with E-state index in [4.69, 9.17) is 11.5 Å². The molecule has 4 N–H and O–H groups in total. The van der Waals surface area contributed by atoms with Gasteiger partial charge in [-0.1, -0.05) is 90.9 Å². The molecule has 0 radical (unpaired) electrons. The first-order valence-corrected chi connectivity index (χ1v) is 9.23. The van der Waals surface area contributed by atoms with Crippen LogP contribution in [-0.2, 0) is 0 Å². The van der Waals surface area contributed by atoms with Crippen LogP contribution in [0, 0.1) is 0 Å². The number of hydrogen-bond donors (Lipinski definition) is 2. The molecule has 0 aliphatic heterocycles. The Morgan fingerprint density at radius 2 is 0.650 bits per heavy atom. The van der Waals surface area contributed by atoms with Gasteiger partial charge in [-0.25, -0.2) is 0 Å². The lowest BCUT2D eigenvalue weighted by Gasteiger charge is -1.97. The van der Waals surface area contributed by atoms with E-state index in [1.54, 1.807) is 0 Å². The summed E-state index contributed by atoms with van der Waals surface area (Å²) in [5.74, 6) is 0. The quantitative estimate of drug-likeness (QED) is 0.420. The zero-order valence-electron chi connectivity index (χ0n) is 14.5. The topological polar surface area (TPSA) is 52.0 Å². The molecule has 0 spiro atoms. The van der Waals surface area contributed by atoms with Gasteiger partial charge < -0.3 is 11.5 Å². The van der Waals surface area contributed by atoms with E-state index in [0.717, 1.165) is 13.1 Å². The summed E-state index contributed by atoms with van der Waals surface area (Å²) in [4.78, 5) is 0. The van der Waals surface area contributed by atoms with Crippen molar-refractivity contribution in [2.75, 3.05) is 13.1 Å². The Labute approximate surface area is 129 Å². The molecule has 0 atom stereocenters. The molecule has 0 fully saturated rings. The zero-order chi connectivity index (χ0) is 15.3. The lowest BCUT2D eigenvalue weighted by Crippen LogP contribution is -1.97. The first-order chi connectivity index (χ1) is 9.83. The van der Waals surface area contributed by atoms with Crippen molar-refractivity contribution in [1.82, 2.24) is 0 Å². The van der Waals surface area contributed by atoms with E-state index in [1.807, 2.05) is 0 Å². The van der Waals surface area contributed by atoms with Crippen molar-refractivity contribution in [2.24, 2.45) is 11.5 Å². The highest BCUT2D eigenvalue weighted by molar-refractivity contribution is 4.45. The smallest absolute Gasteiger partial charge is 0.00773 e. The second kappa shape index (κ2) is 24.0. The van der Waals surface area contributed by atoms with Crippen molar-refractivity contribution in [1.29, 1.82) is 0 Å². The predicted octanol–water partition coefficient (Wildman–Crippen LogP) is 5.39. The van der Waals surface area contributed by atoms with Crippen LogP contribution in [-0.4, -0.2) is 13.1 Å². The molecule has 0 aromatic rings. The van der Waals surface area contributed by atoms with Gasteiger partial charge in [-0.2, -0.15) is 0 Å². The summed E-state index contributed by atoms with van der Waals surface area (Å²) in [5, 5.41) is 0. The normalized spacial score (nSPS) is 10.2. The molecule has 0 amide bonds. The highest BCUT2D eigenvalue weighted by Gasteiger charge is 1.88. The van der Waals surface area contributed by atoms with Crippen LogP contribution in [0.25, 0.3) is 0 Å². The van der Waals surface area contributed by atoms with Crippen LogP contribution in [0.3, 0.4) is 0 Å². The molecular weight excluding hydrogens is 244 g/mol. The number of unbranched alkanes of at least 4 members (excludes halogenated alkanes) is 12. The molecule has 0 aromatic heterocycles.